The number of nitrogens with one attached hydrogen (secondary N) is 1. The minimum atomic E-state index is -0.326. The van der Waals surface area contributed by atoms with Crippen LogP contribution in [0.4, 0.5) is 5.69 Å². The van der Waals surface area contributed by atoms with Gasteiger partial charge in [-0.2, -0.15) is 0 Å². The van der Waals surface area contributed by atoms with E-state index in [1.165, 1.54) is 21.3 Å². The lowest BCUT2D eigenvalue weighted by molar-refractivity contribution is 0.102. The fourth-order valence-corrected chi connectivity index (χ4v) is 2.29. The Morgan fingerprint density at radius 2 is 1.64 bits per heavy atom. The molecule has 0 saturated carbocycles. The van der Waals surface area contributed by atoms with E-state index in [-0.39, 0.29) is 5.91 Å². The van der Waals surface area contributed by atoms with E-state index in [9.17, 15) is 4.79 Å². The molecule has 3 N–H and O–H groups in total. The average Bonchev–Trinajstić information content (AvgIpc) is 2.65. The largest absolute Gasteiger partial charge is 0.493 e. The van der Waals surface area contributed by atoms with Gasteiger partial charge in [0.25, 0.3) is 5.91 Å². The van der Waals surface area contributed by atoms with Crippen molar-refractivity contribution in [1.82, 2.24) is 0 Å². The van der Waals surface area contributed by atoms with Gasteiger partial charge in [-0.15, -0.1) is 0 Å². The van der Waals surface area contributed by atoms with Gasteiger partial charge in [0.15, 0.2) is 11.5 Å². The Morgan fingerprint density at radius 3 is 2.20 bits per heavy atom. The van der Waals surface area contributed by atoms with Crippen molar-refractivity contribution in [2.45, 2.75) is 0 Å². The van der Waals surface area contributed by atoms with Crippen LogP contribution in [0.3, 0.4) is 0 Å². The normalized spacial score (nSPS) is 10.1. The van der Waals surface area contributed by atoms with Crippen LogP contribution < -0.4 is 30.0 Å². The van der Waals surface area contributed by atoms with Crippen molar-refractivity contribution in [3.63, 3.8) is 0 Å². The predicted octanol–water partition coefficient (Wildman–Crippen LogP) is 2.30. The van der Waals surface area contributed by atoms with Gasteiger partial charge in [-0.1, -0.05) is 0 Å². The van der Waals surface area contributed by atoms with E-state index >= 15 is 0 Å². The van der Waals surface area contributed by atoms with Gasteiger partial charge in [0.05, 0.1) is 26.9 Å². The molecular weight excluding hydrogens is 324 g/mol. The van der Waals surface area contributed by atoms with Crippen LogP contribution in [0.15, 0.2) is 36.4 Å². The first-order chi connectivity index (χ1) is 12.1. The molecule has 0 spiro atoms. The van der Waals surface area contributed by atoms with Crippen LogP contribution in [-0.4, -0.2) is 40.4 Å². The number of carbonyl (C=O) groups is 1. The number of ether oxygens (including phenoxy) is 4. The summed E-state index contributed by atoms with van der Waals surface area (Å²) in [4.78, 5) is 12.6. The second-order valence-corrected chi connectivity index (χ2v) is 5.00. The van der Waals surface area contributed by atoms with Gasteiger partial charge in [-0.05, 0) is 36.4 Å². The molecule has 2 aromatic carbocycles. The Balaban J connectivity index is 2.20. The molecule has 0 aliphatic rings. The molecule has 7 heteroatoms. The molecule has 2 aromatic rings. The number of amides is 1. The first kappa shape index (κ1) is 18.4. The lowest BCUT2D eigenvalue weighted by atomic mass is 10.1. The zero-order valence-electron chi connectivity index (χ0n) is 14.5. The fraction of sp³-hybridized carbons (Fsp3) is 0.278. The highest BCUT2D eigenvalue weighted by Gasteiger charge is 2.20. The topological polar surface area (TPSA) is 92.0 Å². The van der Waals surface area contributed by atoms with E-state index in [0.717, 1.165) is 0 Å². The molecule has 0 heterocycles. The van der Waals surface area contributed by atoms with Gasteiger partial charge in [-0.3, -0.25) is 4.79 Å². The van der Waals surface area contributed by atoms with Gasteiger partial charge >= 0.3 is 0 Å². The molecule has 0 unspecified atom stereocenters. The molecule has 0 bridgehead atoms. The summed E-state index contributed by atoms with van der Waals surface area (Å²) >= 11 is 0. The van der Waals surface area contributed by atoms with Crippen molar-refractivity contribution in [2.75, 3.05) is 39.8 Å². The lowest BCUT2D eigenvalue weighted by Crippen LogP contribution is -2.14. The summed E-state index contributed by atoms with van der Waals surface area (Å²) in [6.45, 7) is 0.881. The minimum absolute atomic E-state index is 0.308. The van der Waals surface area contributed by atoms with Crippen LogP contribution in [0.25, 0.3) is 0 Å². The number of benzene rings is 2. The third kappa shape index (κ3) is 4.33. The molecule has 2 rings (SSSR count). The van der Waals surface area contributed by atoms with Crippen molar-refractivity contribution in [1.29, 1.82) is 0 Å². The van der Waals surface area contributed by atoms with Crippen LogP contribution in [0.2, 0.25) is 0 Å². The van der Waals surface area contributed by atoms with E-state index in [4.69, 9.17) is 24.7 Å². The van der Waals surface area contributed by atoms with E-state index in [1.807, 2.05) is 0 Å². The molecule has 0 aromatic heterocycles. The summed E-state index contributed by atoms with van der Waals surface area (Å²) in [6.07, 6.45) is 0. The number of carbonyl (C=O) groups excluding carboxylic acids is 1. The highest BCUT2D eigenvalue weighted by molar-refractivity contribution is 6.07. The Bertz CT molecular complexity index is 716. The third-order valence-corrected chi connectivity index (χ3v) is 3.45. The van der Waals surface area contributed by atoms with Crippen molar-refractivity contribution >= 4 is 11.6 Å². The molecule has 134 valence electrons. The predicted molar refractivity (Wildman–Crippen MR) is 95.0 cm³/mol. The molecular formula is C18H22N2O5. The second-order valence-electron chi connectivity index (χ2n) is 5.00. The van der Waals surface area contributed by atoms with E-state index in [0.29, 0.717) is 47.4 Å². The number of rotatable bonds is 8. The van der Waals surface area contributed by atoms with Crippen LogP contribution in [0.1, 0.15) is 10.4 Å². The molecule has 25 heavy (non-hydrogen) atoms. The lowest BCUT2D eigenvalue weighted by Gasteiger charge is -2.15. The van der Waals surface area contributed by atoms with Crippen molar-refractivity contribution in [2.24, 2.45) is 5.73 Å². The number of anilines is 1. The van der Waals surface area contributed by atoms with Crippen molar-refractivity contribution in [3.8, 4) is 23.0 Å². The maximum absolute atomic E-state index is 12.6. The van der Waals surface area contributed by atoms with Crippen molar-refractivity contribution in [3.05, 3.63) is 42.0 Å². The van der Waals surface area contributed by atoms with Gasteiger partial charge in [-0.25, -0.2) is 0 Å². The monoisotopic (exact) mass is 346 g/mol. The number of hydrogen-bond donors (Lipinski definition) is 2. The third-order valence-electron chi connectivity index (χ3n) is 3.45. The summed E-state index contributed by atoms with van der Waals surface area (Å²) in [7, 11) is 4.48. The van der Waals surface area contributed by atoms with Crippen LogP contribution in [0.5, 0.6) is 23.0 Å². The van der Waals surface area contributed by atoms with Gasteiger partial charge in [0, 0.05) is 12.2 Å². The minimum Gasteiger partial charge on any atom is -0.493 e. The number of methoxy groups -OCH3 is 3. The molecule has 0 atom stereocenters. The molecule has 0 radical (unpaired) electrons. The Labute approximate surface area is 146 Å². The van der Waals surface area contributed by atoms with Gasteiger partial charge in [0.2, 0.25) is 5.75 Å². The molecule has 1 amide bonds. The Kier molecular flexibility index (Phi) is 6.47. The van der Waals surface area contributed by atoms with E-state index in [1.54, 1.807) is 36.4 Å². The molecule has 0 aliphatic carbocycles. The second kappa shape index (κ2) is 8.79. The number of hydrogen-bond acceptors (Lipinski definition) is 6. The number of nitrogens with two attached hydrogens (primary N) is 1. The molecule has 7 nitrogen and oxygen atoms in total. The molecule has 0 fully saturated rings. The smallest absolute Gasteiger partial charge is 0.259 e. The van der Waals surface area contributed by atoms with E-state index < -0.39 is 0 Å². The fourth-order valence-electron chi connectivity index (χ4n) is 2.29. The molecule has 0 saturated heterocycles. The zero-order valence-corrected chi connectivity index (χ0v) is 14.5. The summed E-state index contributed by atoms with van der Waals surface area (Å²) in [5, 5.41) is 2.81. The maximum Gasteiger partial charge on any atom is 0.259 e. The van der Waals surface area contributed by atoms with E-state index in [2.05, 4.69) is 5.32 Å². The van der Waals surface area contributed by atoms with Crippen LogP contribution in [-0.2, 0) is 0 Å². The highest BCUT2D eigenvalue weighted by Crippen LogP contribution is 2.39. The Morgan fingerprint density at radius 1 is 0.960 bits per heavy atom. The SMILES string of the molecule is COc1ccc(C(=O)Nc2ccc(OCCN)cc2)c(OC)c1OC. The maximum atomic E-state index is 12.6. The van der Waals surface area contributed by atoms with Crippen LogP contribution >= 0.6 is 0 Å². The van der Waals surface area contributed by atoms with Crippen molar-refractivity contribution < 1.29 is 23.7 Å². The summed E-state index contributed by atoms with van der Waals surface area (Å²) in [5.41, 5.74) is 6.36. The average molecular weight is 346 g/mol. The van der Waals surface area contributed by atoms with Crippen LogP contribution in [0, 0.1) is 0 Å². The first-order valence-electron chi connectivity index (χ1n) is 7.67. The highest BCUT2D eigenvalue weighted by atomic mass is 16.5. The van der Waals surface area contributed by atoms with Gasteiger partial charge in [0.1, 0.15) is 12.4 Å². The summed E-state index contributed by atoms with van der Waals surface area (Å²) in [5.74, 6) is 1.52. The summed E-state index contributed by atoms with van der Waals surface area (Å²) < 4.78 is 21.3. The van der Waals surface area contributed by atoms with Gasteiger partial charge < -0.3 is 30.0 Å². The first-order valence-corrected chi connectivity index (χ1v) is 7.67. The Hall–Kier alpha value is -2.93. The molecule has 0 aliphatic heterocycles. The standard InChI is InChI=1S/C18H22N2O5/c1-22-15-9-8-14(16(23-2)17(15)24-3)18(21)20-12-4-6-13(7-5-12)25-11-10-19/h4-9H,10-11,19H2,1-3H3,(H,20,21). The summed E-state index contributed by atoms with van der Waals surface area (Å²) in [6, 6.07) is 10.3. The quantitative estimate of drug-likeness (QED) is 0.762. The zero-order chi connectivity index (χ0) is 18.2.